The van der Waals surface area contributed by atoms with Crippen molar-refractivity contribution < 1.29 is 43.0 Å². The van der Waals surface area contributed by atoms with Crippen LogP contribution in [0.15, 0.2) is 70.5 Å². The predicted octanol–water partition coefficient (Wildman–Crippen LogP) is 0.203. The molecule has 0 aromatic heterocycles. The van der Waals surface area contributed by atoms with E-state index >= 15 is 0 Å². The van der Waals surface area contributed by atoms with Gasteiger partial charge in [-0.1, -0.05) is 12.8 Å². The SMILES string of the molecule is COC1=CC(=O)/C(=C\NCCC[N-]CC[N-]CCCN/C=C2/C(=O)C=C(OC)C=C2C)C(C)=C1.[68Ga+3].[I-]. The van der Waals surface area contributed by atoms with E-state index in [1.54, 1.807) is 26.6 Å². The molecule has 0 atom stereocenters. The smallest absolute Gasteiger partial charge is 1.00 e. The molecule has 8 nitrogen and oxygen atoms in total. The van der Waals surface area contributed by atoms with Crippen LogP contribution < -0.4 is 34.6 Å². The Morgan fingerprint density at radius 3 is 1.44 bits per heavy atom. The maximum absolute atomic E-state index is 12.1. The minimum atomic E-state index is -0.0465. The maximum atomic E-state index is 12.1. The maximum Gasteiger partial charge on any atom is 3.00 e. The summed E-state index contributed by atoms with van der Waals surface area (Å²) in [5, 5.41) is 15.4. The molecule has 36 heavy (non-hydrogen) atoms. The number of halogens is 1. The van der Waals surface area contributed by atoms with Crippen molar-refractivity contribution in [2.24, 2.45) is 0 Å². The molecule has 0 heterocycles. The molecule has 194 valence electrons. The van der Waals surface area contributed by atoms with Crippen LogP contribution in [0.1, 0.15) is 26.7 Å². The minimum absolute atomic E-state index is 0. The number of ether oxygens (including phenoxy) is 2. The van der Waals surface area contributed by atoms with Crippen LogP contribution in [0, 0.1) is 0 Å². The van der Waals surface area contributed by atoms with Crippen LogP contribution in [0.4, 0.5) is 0 Å². The quantitative estimate of drug-likeness (QED) is 0.112. The van der Waals surface area contributed by atoms with Crippen molar-refractivity contribution in [3.05, 3.63) is 81.1 Å². The third kappa shape index (κ3) is 12.0. The molecule has 0 aliphatic heterocycles. The van der Waals surface area contributed by atoms with E-state index in [0.717, 1.165) is 63.3 Å². The molecule has 2 aliphatic carbocycles. The summed E-state index contributed by atoms with van der Waals surface area (Å²) in [5.74, 6) is 1.07. The van der Waals surface area contributed by atoms with Crippen molar-refractivity contribution in [2.45, 2.75) is 26.7 Å². The van der Waals surface area contributed by atoms with Crippen LogP contribution in [0.3, 0.4) is 0 Å². The van der Waals surface area contributed by atoms with E-state index in [0.29, 0.717) is 22.7 Å². The molecular formula is C26H36GaIN4O4. The molecule has 0 saturated carbocycles. The average Bonchev–Trinajstić information content (AvgIpc) is 2.81. The molecule has 10 heteroatoms. The molecule has 0 saturated heterocycles. The second-order valence-corrected chi connectivity index (χ2v) is 7.96. The number of rotatable bonds is 15. The van der Waals surface area contributed by atoms with Gasteiger partial charge in [-0.15, -0.1) is 13.1 Å². The van der Waals surface area contributed by atoms with E-state index in [9.17, 15) is 9.59 Å². The fourth-order valence-electron chi connectivity index (χ4n) is 3.37. The summed E-state index contributed by atoms with van der Waals surface area (Å²) in [6.45, 7) is 8.27. The van der Waals surface area contributed by atoms with Gasteiger partial charge in [0, 0.05) is 48.8 Å². The van der Waals surface area contributed by atoms with Gasteiger partial charge < -0.3 is 54.7 Å². The van der Waals surface area contributed by atoms with Gasteiger partial charge >= 0.3 is 19.8 Å². The number of hydrogen-bond acceptors (Lipinski definition) is 6. The fraction of sp³-hybridized carbons (Fsp3) is 0.462. The van der Waals surface area contributed by atoms with Gasteiger partial charge in [-0.25, -0.2) is 0 Å². The van der Waals surface area contributed by atoms with Crippen LogP contribution in [0.5, 0.6) is 0 Å². The zero-order chi connectivity index (χ0) is 24.8. The predicted molar refractivity (Wildman–Crippen MR) is 141 cm³/mol. The Labute approximate surface area is 245 Å². The summed E-state index contributed by atoms with van der Waals surface area (Å²) in [6.07, 6.45) is 12.0. The number of ketones is 2. The van der Waals surface area contributed by atoms with Crippen LogP contribution in [-0.4, -0.2) is 84.8 Å². The molecular weight excluding hydrogens is 627 g/mol. The van der Waals surface area contributed by atoms with Crippen molar-refractivity contribution >= 4 is 31.4 Å². The number of allylic oxidation sites excluding steroid dienone is 8. The number of nitrogens with zero attached hydrogens (tertiary/aromatic N) is 2. The van der Waals surface area contributed by atoms with Crippen LogP contribution in [0.25, 0.3) is 10.6 Å². The first-order valence-corrected chi connectivity index (χ1v) is 11.6. The van der Waals surface area contributed by atoms with E-state index in [-0.39, 0.29) is 55.3 Å². The van der Waals surface area contributed by atoms with Gasteiger partial charge in [-0.05, 0) is 37.1 Å². The normalized spacial score (nSPS) is 17.3. The average molecular weight is 663 g/mol. The molecule has 2 rings (SSSR count). The Balaban J connectivity index is 0.00000612. The minimum Gasteiger partial charge on any atom is -1.00 e. The number of hydrogen-bond donors (Lipinski definition) is 2. The van der Waals surface area contributed by atoms with E-state index in [2.05, 4.69) is 21.3 Å². The molecule has 0 radical (unpaired) electrons. The first-order chi connectivity index (χ1) is 16.5. The third-order valence-corrected chi connectivity index (χ3v) is 5.30. The van der Waals surface area contributed by atoms with Crippen molar-refractivity contribution in [2.75, 3.05) is 53.5 Å². The topological polar surface area (TPSA) is 105 Å². The van der Waals surface area contributed by atoms with Gasteiger partial charge in [0.2, 0.25) is 0 Å². The molecule has 2 aliphatic rings. The van der Waals surface area contributed by atoms with Crippen molar-refractivity contribution in [1.82, 2.24) is 10.6 Å². The summed E-state index contributed by atoms with van der Waals surface area (Å²) in [6, 6.07) is 0. The molecule has 0 amide bonds. The Hall–Kier alpha value is -1.73. The summed E-state index contributed by atoms with van der Waals surface area (Å²) >= 11 is 0. The van der Waals surface area contributed by atoms with Gasteiger partial charge in [0.25, 0.3) is 0 Å². The molecule has 2 N–H and O–H groups in total. The van der Waals surface area contributed by atoms with Gasteiger partial charge in [0.1, 0.15) is 11.5 Å². The van der Waals surface area contributed by atoms with E-state index in [4.69, 9.17) is 9.47 Å². The zero-order valence-corrected chi connectivity index (χ0v) is 26.2. The van der Waals surface area contributed by atoms with Gasteiger partial charge in [0.05, 0.1) is 14.2 Å². The summed E-state index contributed by atoms with van der Waals surface area (Å²) in [5.41, 5.74) is 3.11. The number of methoxy groups -OCH3 is 2. The van der Waals surface area contributed by atoms with Crippen molar-refractivity contribution in [3.8, 4) is 0 Å². The van der Waals surface area contributed by atoms with Crippen LogP contribution >= 0.6 is 0 Å². The Bertz CT molecular complexity index is 849. The van der Waals surface area contributed by atoms with Gasteiger partial charge in [-0.3, -0.25) is 9.59 Å². The van der Waals surface area contributed by atoms with Crippen molar-refractivity contribution in [1.29, 1.82) is 0 Å². The third-order valence-electron chi connectivity index (χ3n) is 5.30. The Kier molecular flexibility index (Phi) is 18.5. The fourth-order valence-corrected chi connectivity index (χ4v) is 3.37. The molecule has 0 spiro atoms. The molecule has 0 aromatic rings. The van der Waals surface area contributed by atoms with E-state index < -0.39 is 0 Å². The molecule has 0 aromatic carbocycles. The van der Waals surface area contributed by atoms with Crippen molar-refractivity contribution in [3.63, 3.8) is 0 Å². The first-order valence-electron chi connectivity index (χ1n) is 11.6. The molecule has 0 unspecified atom stereocenters. The molecule has 0 bridgehead atoms. The second kappa shape index (κ2) is 19.4. The largest absolute Gasteiger partial charge is 3.00 e. The number of carbonyl (C=O) groups is 2. The molecule has 0 fully saturated rings. The first kappa shape index (κ1) is 34.3. The summed E-state index contributed by atoms with van der Waals surface area (Å²) < 4.78 is 10.2. The standard InChI is InChI=1S/C26H36N4O4.Ga.HI/c1-19-13-21(33-3)15-25(31)23(19)17-29-9-5-7-27-11-12-28-8-6-10-30-18-24-20(2)14-22(34-4)16-26(24)32;;/h13-18,29-30H,5-12H2,1-4H3;;1H/q-2;+3;/p-1/b23-17-,24-18+;;/i;1-2;. The number of carbonyl (C=O) groups excluding carboxylic acids is 2. The van der Waals surface area contributed by atoms with E-state index in [1.165, 1.54) is 12.2 Å². The van der Waals surface area contributed by atoms with E-state index in [1.807, 2.05) is 26.0 Å². The summed E-state index contributed by atoms with van der Waals surface area (Å²) in [7, 11) is 3.11. The Morgan fingerprint density at radius 2 is 1.11 bits per heavy atom. The van der Waals surface area contributed by atoms with Gasteiger partial charge in [0.15, 0.2) is 11.6 Å². The van der Waals surface area contributed by atoms with Crippen LogP contribution in [-0.2, 0) is 19.1 Å². The number of nitrogens with one attached hydrogen (secondary N) is 2. The Morgan fingerprint density at radius 1 is 0.722 bits per heavy atom. The van der Waals surface area contributed by atoms with Gasteiger partial charge in [-0.2, -0.15) is 13.1 Å². The van der Waals surface area contributed by atoms with Crippen LogP contribution in [0.2, 0.25) is 0 Å². The second-order valence-electron chi connectivity index (χ2n) is 7.96. The zero-order valence-electron chi connectivity index (χ0n) is 21.6. The monoisotopic (exact) mass is 663 g/mol. The summed E-state index contributed by atoms with van der Waals surface area (Å²) in [4.78, 5) is 24.2.